The maximum atomic E-state index is 5.91. The van der Waals surface area contributed by atoms with Crippen molar-refractivity contribution in [2.24, 2.45) is 5.84 Å². The predicted octanol–water partition coefficient (Wildman–Crippen LogP) is 3.60. The van der Waals surface area contributed by atoms with E-state index >= 15 is 0 Å². The number of aryl methyl sites for hydroxylation is 1. The lowest BCUT2D eigenvalue weighted by Gasteiger charge is -2.13. The lowest BCUT2D eigenvalue weighted by atomic mass is 10.1. The number of nitrogens with one attached hydrogen (secondary N) is 1. The van der Waals surface area contributed by atoms with Crippen LogP contribution in [0.2, 0.25) is 4.34 Å². The van der Waals surface area contributed by atoms with Gasteiger partial charge in [-0.15, -0.1) is 11.3 Å². The number of nitrogens with two attached hydrogens (primary N) is 1. The van der Waals surface area contributed by atoms with Crippen molar-refractivity contribution in [2.45, 2.75) is 18.9 Å². The molecule has 2 aromatic rings. The fraction of sp³-hybridized carbons (Fsp3) is 0.273. The monoisotopic (exact) mass is 272 g/mol. The second-order valence-corrected chi connectivity index (χ2v) is 6.06. The normalized spacial score (nSPS) is 12.9. The highest BCUT2D eigenvalue weighted by atomic mass is 35.5. The molecule has 2 rings (SSSR count). The Balaban J connectivity index is 1.96. The van der Waals surface area contributed by atoms with Gasteiger partial charge in [-0.25, -0.2) is 0 Å². The first-order valence-electron chi connectivity index (χ1n) is 5.02. The molecular weight excluding hydrogens is 260 g/mol. The maximum Gasteiger partial charge on any atom is 0.0931 e. The molecule has 0 amide bonds. The molecule has 1 unspecified atom stereocenters. The number of halogens is 1. The first kappa shape index (κ1) is 12.1. The van der Waals surface area contributed by atoms with Crippen molar-refractivity contribution >= 4 is 34.3 Å². The SMILES string of the molecule is NNC(CCc1ccsc1)c1ccc(Cl)s1. The molecule has 2 aromatic heterocycles. The highest BCUT2D eigenvalue weighted by molar-refractivity contribution is 7.16. The summed E-state index contributed by atoms with van der Waals surface area (Å²) < 4.78 is 0.811. The van der Waals surface area contributed by atoms with Crippen molar-refractivity contribution in [2.75, 3.05) is 0 Å². The second-order valence-electron chi connectivity index (χ2n) is 3.53. The van der Waals surface area contributed by atoms with Crippen LogP contribution >= 0.6 is 34.3 Å². The minimum atomic E-state index is 0.192. The van der Waals surface area contributed by atoms with E-state index in [1.54, 1.807) is 22.7 Å². The van der Waals surface area contributed by atoms with Crippen molar-refractivity contribution in [3.8, 4) is 0 Å². The van der Waals surface area contributed by atoms with Gasteiger partial charge in [0.05, 0.1) is 10.4 Å². The second kappa shape index (κ2) is 5.80. The number of hydrazine groups is 1. The summed E-state index contributed by atoms with van der Waals surface area (Å²) >= 11 is 9.22. The third-order valence-electron chi connectivity index (χ3n) is 2.44. The molecule has 0 saturated carbocycles. The van der Waals surface area contributed by atoms with Gasteiger partial charge in [0.1, 0.15) is 0 Å². The fourth-order valence-corrected chi connectivity index (χ4v) is 3.43. The summed E-state index contributed by atoms with van der Waals surface area (Å²) in [6.45, 7) is 0. The van der Waals surface area contributed by atoms with E-state index in [4.69, 9.17) is 17.4 Å². The van der Waals surface area contributed by atoms with Crippen LogP contribution in [0.1, 0.15) is 22.9 Å². The molecule has 0 aliphatic carbocycles. The summed E-state index contributed by atoms with van der Waals surface area (Å²) in [6, 6.07) is 6.29. The van der Waals surface area contributed by atoms with Crippen LogP contribution in [0.25, 0.3) is 0 Å². The Labute approximate surface area is 108 Å². The van der Waals surface area contributed by atoms with E-state index < -0.39 is 0 Å². The zero-order chi connectivity index (χ0) is 11.4. The summed E-state index contributed by atoms with van der Waals surface area (Å²) in [5.74, 6) is 5.57. The molecule has 3 N–H and O–H groups in total. The molecule has 0 saturated heterocycles. The lowest BCUT2D eigenvalue weighted by Crippen LogP contribution is -2.27. The van der Waals surface area contributed by atoms with Crippen LogP contribution in [-0.4, -0.2) is 0 Å². The Hall–Kier alpha value is -0.390. The van der Waals surface area contributed by atoms with Crippen LogP contribution in [0.5, 0.6) is 0 Å². The number of hydrogen-bond acceptors (Lipinski definition) is 4. The van der Waals surface area contributed by atoms with Crippen molar-refractivity contribution in [1.29, 1.82) is 0 Å². The Kier molecular flexibility index (Phi) is 4.37. The van der Waals surface area contributed by atoms with Gasteiger partial charge in [0.15, 0.2) is 0 Å². The predicted molar refractivity (Wildman–Crippen MR) is 72.0 cm³/mol. The zero-order valence-electron chi connectivity index (χ0n) is 8.65. The van der Waals surface area contributed by atoms with Crippen LogP contribution in [0.4, 0.5) is 0 Å². The number of rotatable bonds is 5. The van der Waals surface area contributed by atoms with Gasteiger partial charge < -0.3 is 0 Å². The van der Waals surface area contributed by atoms with E-state index in [-0.39, 0.29) is 6.04 Å². The molecule has 1 atom stereocenters. The average Bonchev–Trinajstić information content (AvgIpc) is 2.91. The molecule has 0 aromatic carbocycles. The summed E-state index contributed by atoms with van der Waals surface area (Å²) in [4.78, 5) is 1.20. The molecular formula is C11H13ClN2S2. The highest BCUT2D eigenvalue weighted by Crippen LogP contribution is 2.29. The van der Waals surface area contributed by atoms with E-state index in [0.29, 0.717) is 0 Å². The summed E-state index contributed by atoms with van der Waals surface area (Å²) in [6.07, 6.45) is 2.03. The number of thiophene rings is 2. The van der Waals surface area contributed by atoms with Crippen molar-refractivity contribution < 1.29 is 0 Å². The molecule has 0 bridgehead atoms. The Morgan fingerprint density at radius 1 is 1.38 bits per heavy atom. The topological polar surface area (TPSA) is 38.0 Å². The van der Waals surface area contributed by atoms with Gasteiger partial charge >= 0.3 is 0 Å². The van der Waals surface area contributed by atoms with E-state index in [1.165, 1.54) is 10.4 Å². The molecule has 16 heavy (non-hydrogen) atoms. The molecule has 2 nitrogen and oxygen atoms in total. The molecule has 5 heteroatoms. The van der Waals surface area contributed by atoms with Crippen LogP contribution in [0.3, 0.4) is 0 Å². The fourth-order valence-electron chi connectivity index (χ4n) is 1.57. The van der Waals surface area contributed by atoms with Gasteiger partial charge in [-0.05, 0) is 47.4 Å². The van der Waals surface area contributed by atoms with E-state index in [1.807, 2.05) is 12.1 Å². The summed E-state index contributed by atoms with van der Waals surface area (Å²) in [5, 5.41) is 4.28. The van der Waals surface area contributed by atoms with Gasteiger partial charge in [-0.1, -0.05) is 11.6 Å². The Bertz CT molecular complexity index is 425. The molecule has 0 aliphatic rings. The van der Waals surface area contributed by atoms with Crippen LogP contribution < -0.4 is 11.3 Å². The molecule has 86 valence electrons. The highest BCUT2D eigenvalue weighted by Gasteiger charge is 2.12. The van der Waals surface area contributed by atoms with Crippen molar-refractivity contribution in [3.63, 3.8) is 0 Å². The molecule has 0 spiro atoms. The quantitative estimate of drug-likeness (QED) is 0.645. The average molecular weight is 273 g/mol. The van der Waals surface area contributed by atoms with Gasteiger partial charge in [-0.3, -0.25) is 11.3 Å². The van der Waals surface area contributed by atoms with Crippen LogP contribution in [-0.2, 0) is 6.42 Å². The minimum absolute atomic E-state index is 0.192. The molecule has 0 radical (unpaired) electrons. The smallest absolute Gasteiger partial charge is 0.0931 e. The minimum Gasteiger partial charge on any atom is -0.271 e. The van der Waals surface area contributed by atoms with Gasteiger partial charge in [0.25, 0.3) is 0 Å². The van der Waals surface area contributed by atoms with Crippen molar-refractivity contribution in [3.05, 3.63) is 43.7 Å². The lowest BCUT2D eigenvalue weighted by molar-refractivity contribution is 0.524. The third kappa shape index (κ3) is 3.06. The van der Waals surface area contributed by atoms with Gasteiger partial charge in [0.2, 0.25) is 0 Å². The molecule has 0 fully saturated rings. The van der Waals surface area contributed by atoms with Gasteiger partial charge in [0, 0.05) is 4.88 Å². The van der Waals surface area contributed by atoms with Crippen molar-refractivity contribution in [1.82, 2.24) is 5.43 Å². The van der Waals surface area contributed by atoms with Crippen LogP contribution in [0.15, 0.2) is 29.0 Å². The van der Waals surface area contributed by atoms with E-state index in [9.17, 15) is 0 Å². The third-order valence-corrected chi connectivity index (χ3v) is 4.52. The number of hydrogen-bond donors (Lipinski definition) is 2. The Morgan fingerprint density at radius 2 is 2.25 bits per heavy atom. The van der Waals surface area contributed by atoms with Crippen LogP contribution in [0, 0.1) is 0 Å². The first-order chi connectivity index (χ1) is 7.79. The molecule has 0 aliphatic heterocycles. The standard InChI is InChI=1S/C11H13ClN2S2/c12-11-4-3-10(16-11)9(14-13)2-1-8-5-6-15-7-8/h3-7,9,14H,1-2,13H2. The van der Waals surface area contributed by atoms with E-state index in [0.717, 1.165) is 17.2 Å². The molecule has 2 heterocycles. The zero-order valence-corrected chi connectivity index (χ0v) is 11.0. The summed E-state index contributed by atoms with van der Waals surface area (Å²) in [5.41, 5.74) is 4.22. The maximum absolute atomic E-state index is 5.91. The van der Waals surface area contributed by atoms with Gasteiger partial charge in [-0.2, -0.15) is 11.3 Å². The largest absolute Gasteiger partial charge is 0.271 e. The summed E-state index contributed by atoms with van der Waals surface area (Å²) in [7, 11) is 0. The van der Waals surface area contributed by atoms with E-state index in [2.05, 4.69) is 22.3 Å². The first-order valence-corrected chi connectivity index (χ1v) is 7.16. The Morgan fingerprint density at radius 3 is 2.81 bits per heavy atom.